The molecule has 0 aliphatic carbocycles. The van der Waals surface area contributed by atoms with Gasteiger partial charge in [0.15, 0.2) is 0 Å². The molecule has 2 nitrogen and oxygen atoms in total. The largest absolute Gasteiger partial charge is 0.351 e. The van der Waals surface area contributed by atoms with Crippen LogP contribution in [0.1, 0.15) is 85.5 Å². The molecule has 1 amide bonds. The van der Waals surface area contributed by atoms with Crippen molar-refractivity contribution in [2.45, 2.75) is 91.0 Å². The van der Waals surface area contributed by atoms with Gasteiger partial charge in [0.25, 0.3) is 0 Å². The molecule has 0 fully saturated rings. The summed E-state index contributed by atoms with van der Waals surface area (Å²) >= 11 is 0. The van der Waals surface area contributed by atoms with Gasteiger partial charge in [-0.2, -0.15) is 0 Å². The second-order valence-electron chi connectivity index (χ2n) is 5.51. The van der Waals surface area contributed by atoms with Gasteiger partial charge in [-0.15, -0.1) is 0 Å². The highest BCUT2D eigenvalue weighted by Gasteiger charge is 2.23. The van der Waals surface area contributed by atoms with E-state index in [1.165, 1.54) is 44.9 Å². The van der Waals surface area contributed by atoms with Crippen LogP contribution in [0.5, 0.6) is 0 Å². The van der Waals surface area contributed by atoms with Crippen LogP contribution in [-0.2, 0) is 4.79 Å². The molecule has 0 rings (SSSR count). The van der Waals surface area contributed by atoms with E-state index in [9.17, 15) is 4.79 Å². The first-order valence-electron chi connectivity index (χ1n) is 7.33. The minimum absolute atomic E-state index is 0.0219. The Morgan fingerprint density at radius 1 is 0.941 bits per heavy atom. The first kappa shape index (κ1) is 16.5. The third-order valence-corrected chi connectivity index (χ3v) is 3.39. The molecule has 0 aromatic carbocycles. The van der Waals surface area contributed by atoms with Gasteiger partial charge in [0, 0.05) is 12.5 Å². The van der Waals surface area contributed by atoms with Crippen molar-refractivity contribution < 1.29 is 4.79 Å². The minimum Gasteiger partial charge on any atom is -0.351 e. The lowest BCUT2D eigenvalue weighted by atomic mass is 9.88. The SMILES string of the molecule is CCCCCCCC(C)(CCCC)NC(C)=O. The third-order valence-electron chi connectivity index (χ3n) is 3.39. The van der Waals surface area contributed by atoms with Gasteiger partial charge in [-0.25, -0.2) is 0 Å². The summed E-state index contributed by atoms with van der Waals surface area (Å²) in [5, 5.41) is 3.14. The van der Waals surface area contributed by atoms with Crippen LogP contribution in [0.4, 0.5) is 0 Å². The zero-order valence-electron chi connectivity index (χ0n) is 12.3. The average Bonchev–Trinajstić information content (AvgIpc) is 2.25. The van der Waals surface area contributed by atoms with Crippen molar-refractivity contribution >= 4 is 5.91 Å². The van der Waals surface area contributed by atoms with Gasteiger partial charge in [0.05, 0.1) is 0 Å². The van der Waals surface area contributed by atoms with Crippen LogP contribution in [0.15, 0.2) is 0 Å². The molecule has 0 aromatic heterocycles. The number of rotatable bonds is 10. The van der Waals surface area contributed by atoms with Crippen LogP contribution < -0.4 is 5.32 Å². The molecular formula is C15H31NO. The summed E-state index contributed by atoms with van der Waals surface area (Å²) in [5.41, 5.74) is 0.0219. The Bertz CT molecular complexity index is 203. The van der Waals surface area contributed by atoms with Crippen molar-refractivity contribution in [3.05, 3.63) is 0 Å². The first-order chi connectivity index (χ1) is 8.04. The van der Waals surface area contributed by atoms with Crippen molar-refractivity contribution in [2.24, 2.45) is 0 Å². The lowest BCUT2D eigenvalue weighted by Crippen LogP contribution is -2.44. The van der Waals surface area contributed by atoms with Crippen LogP contribution in [0.3, 0.4) is 0 Å². The maximum absolute atomic E-state index is 11.2. The number of carbonyl (C=O) groups excluding carboxylic acids is 1. The van der Waals surface area contributed by atoms with Gasteiger partial charge in [0.1, 0.15) is 0 Å². The van der Waals surface area contributed by atoms with Crippen LogP contribution >= 0.6 is 0 Å². The molecule has 0 aliphatic rings. The molecule has 1 unspecified atom stereocenters. The molecule has 1 atom stereocenters. The van der Waals surface area contributed by atoms with Gasteiger partial charge in [0.2, 0.25) is 5.91 Å². The van der Waals surface area contributed by atoms with E-state index in [0.717, 1.165) is 12.8 Å². The van der Waals surface area contributed by atoms with Crippen molar-refractivity contribution in [3.63, 3.8) is 0 Å². The summed E-state index contributed by atoms with van der Waals surface area (Å²) in [6.07, 6.45) is 11.1. The normalized spacial score (nSPS) is 14.4. The number of hydrogen-bond donors (Lipinski definition) is 1. The fourth-order valence-corrected chi connectivity index (χ4v) is 2.36. The maximum atomic E-state index is 11.2. The molecule has 102 valence electrons. The van der Waals surface area contributed by atoms with Crippen molar-refractivity contribution in [1.29, 1.82) is 0 Å². The molecule has 0 saturated heterocycles. The van der Waals surface area contributed by atoms with Gasteiger partial charge >= 0.3 is 0 Å². The summed E-state index contributed by atoms with van der Waals surface area (Å²) in [6, 6.07) is 0. The van der Waals surface area contributed by atoms with Gasteiger partial charge in [-0.3, -0.25) is 4.79 Å². The number of unbranched alkanes of at least 4 members (excludes halogenated alkanes) is 5. The predicted octanol–water partition coefficient (Wildman–Crippen LogP) is 4.43. The fraction of sp³-hybridized carbons (Fsp3) is 0.933. The summed E-state index contributed by atoms with van der Waals surface area (Å²) in [4.78, 5) is 11.2. The van der Waals surface area contributed by atoms with Crippen LogP contribution in [-0.4, -0.2) is 11.4 Å². The second kappa shape index (κ2) is 9.49. The Morgan fingerprint density at radius 2 is 1.47 bits per heavy atom. The van der Waals surface area contributed by atoms with E-state index in [4.69, 9.17) is 0 Å². The summed E-state index contributed by atoms with van der Waals surface area (Å²) in [6.45, 7) is 8.27. The highest BCUT2D eigenvalue weighted by Crippen LogP contribution is 2.22. The fourth-order valence-electron chi connectivity index (χ4n) is 2.36. The Hall–Kier alpha value is -0.530. The standard InChI is InChI=1S/C15H31NO/c1-5-7-9-10-11-13-15(4,12-8-6-2)16-14(3)17/h5-13H2,1-4H3,(H,16,17). The first-order valence-corrected chi connectivity index (χ1v) is 7.33. The number of nitrogens with one attached hydrogen (secondary N) is 1. The summed E-state index contributed by atoms with van der Waals surface area (Å²) in [7, 11) is 0. The van der Waals surface area contributed by atoms with E-state index in [2.05, 4.69) is 26.1 Å². The topological polar surface area (TPSA) is 29.1 Å². The number of amides is 1. The zero-order valence-corrected chi connectivity index (χ0v) is 12.3. The lowest BCUT2D eigenvalue weighted by molar-refractivity contribution is -0.120. The van der Waals surface area contributed by atoms with Crippen LogP contribution in [0, 0.1) is 0 Å². The maximum Gasteiger partial charge on any atom is 0.217 e. The highest BCUT2D eigenvalue weighted by atomic mass is 16.1. The van der Waals surface area contributed by atoms with Crippen LogP contribution in [0.2, 0.25) is 0 Å². The van der Waals surface area contributed by atoms with E-state index >= 15 is 0 Å². The molecule has 0 spiro atoms. The monoisotopic (exact) mass is 241 g/mol. The van der Waals surface area contributed by atoms with Crippen molar-refractivity contribution in [1.82, 2.24) is 5.32 Å². The molecule has 2 heteroatoms. The quantitative estimate of drug-likeness (QED) is 0.563. The van der Waals surface area contributed by atoms with Gasteiger partial charge < -0.3 is 5.32 Å². The Balaban J connectivity index is 3.95. The molecule has 0 bridgehead atoms. The average molecular weight is 241 g/mol. The molecule has 0 aliphatic heterocycles. The van der Waals surface area contributed by atoms with E-state index < -0.39 is 0 Å². The van der Waals surface area contributed by atoms with Crippen LogP contribution in [0.25, 0.3) is 0 Å². The second-order valence-corrected chi connectivity index (χ2v) is 5.51. The Kier molecular flexibility index (Phi) is 9.20. The van der Waals surface area contributed by atoms with E-state index in [1.807, 2.05) is 0 Å². The molecule has 0 aromatic rings. The van der Waals surface area contributed by atoms with Gasteiger partial charge in [-0.1, -0.05) is 58.8 Å². The molecule has 0 radical (unpaired) electrons. The smallest absolute Gasteiger partial charge is 0.217 e. The summed E-state index contributed by atoms with van der Waals surface area (Å²) < 4.78 is 0. The van der Waals surface area contributed by atoms with Crippen molar-refractivity contribution in [3.8, 4) is 0 Å². The zero-order chi connectivity index (χ0) is 13.1. The van der Waals surface area contributed by atoms with E-state index in [1.54, 1.807) is 6.92 Å². The highest BCUT2D eigenvalue weighted by molar-refractivity contribution is 5.73. The molecule has 0 heterocycles. The molecule has 17 heavy (non-hydrogen) atoms. The molecular weight excluding hydrogens is 210 g/mol. The van der Waals surface area contributed by atoms with E-state index in [-0.39, 0.29) is 11.4 Å². The summed E-state index contributed by atoms with van der Waals surface area (Å²) in [5.74, 6) is 0.108. The Morgan fingerprint density at radius 3 is 2.00 bits per heavy atom. The Labute approximate surface area is 108 Å². The third kappa shape index (κ3) is 9.20. The van der Waals surface area contributed by atoms with Crippen molar-refractivity contribution in [2.75, 3.05) is 0 Å². The van der Waals surface area contributed by atoms with E-state index in [0.29, 0.717) is 0 Å². The predicted molar refractivity (Wildman–Crippen MR) is 75.1 cm³/mol. The number of hydrogen-bond acceptors (Lipinski definition) is 1. The lowest BCUT2D eigenvalue weighted by Gasteiger charge is -2.30. The number of carbonyl (C=O) groups is 1. The minimum atomic E-state index is 0.0219. The van der Waals surface area contributed by atoms with Gasteiger partial charge in [-0.05, 0) is 19.8 Å². The molecule has 1 N–H and O–H groups in total. The molecule has 0 saturated carbocycles.